The Balaban J connectivity index is 1.66. The fraction of sp³-hybridized carbons (Fsp3) is 0.0345. The predicted octanol–water partition coefficient (Wildman–Crippen LogP) is 7.45. The van der Waals surface area contributed by atoms with Crippen LogP contribution in [0.25, 0.3) is 45.0 Å². The lowest BCUT2D eigenvalue weighted by atomic mass is 10.0. The molecule has 31 heavy (non-hydrogen) atoms. The van der Waals surface area contributed by atoms with E-state index in [1.54, 1.807) is 0 Å². The molecule has 1 heterocycles. The van der Waals surface area contributed by atoms with Gasteiger partial charge in [0.25, 0.3) is 0 Å². The third-order valence-corrected chi connectivity index (χ3v) is 5.37. The molecule has 4 aromatic carbocycles. The van der Waals surface area contributed by atoms with Crippen LogP contribution in [-0.4, -0.2) is 9.97 Å². The maximum atomic E-state index is 4.95. The Morgan fingerprint density at radius 1 is 0.419 bits per heavy atom. The molecule has 0 radical (unpaired) electrons. The zero-order valence-electron chi connectivity index (χ0n) is 17.4. The summed E-state index contributed by atoms with van der Waals surface area (Å²) in [4.78, 5) is 9.89. The zero-order chi connectivity index (χ0) is 21.0. The summed E-state index contributed by atoms with van der Waals surface area (Å²) in [7, 11) is 0. The van der Waals surface area contributed by atoms with Crippen LogP contribution < -0.4 is 0 Å². The molecule has 148 valence electrons. The van der Waals surface area contributed by atoms with Crippen LogP contribution in [0, 0.1) is 6.92 Å². The van der Waals surface area contributed by atoms with Crippen molar-refractivity contribution in [1.82, 2.24) is 9.97 Å². The largest absolute Gasteiger partial charge is 0.228 e. The molecule has 0 unspecified atom stereocenters. The minimum absolute atomic E-state index is 0.731. The van der Waals surface area contributed by atoms with E-state index in [1.807, 2.05) is 24.3 Å². The third kappa shape index (κ3) is 4.15. The minimum atomic E-state index is 0.731. The molecule has 0 fully saturated rings. The van der Waals surface area contributed by atoms with Crippen molar-refractivity contribution in [2.75, 3.05) is 0 Å². The third-order valence-electron chi connectivity index (χ3n) is 5.37. The molecule has 2 heteroatoms. The van der Waals surface area contributed by atoms with Gasteiger partial charge >= 0.3 is 0 Å². The summed E-state index contributed by atoms with van der Waals surface area (Å²) < 4.78 is 0. The summed E-state index contributed by atoms with van der Waals surface area (Å²) in [6, 6.07) is 39.7. The summed E-state index contributed by atoms with van der Waals surface area (Å²) in [5.41, 5.74) is 8.60. The van der Waals surface area contributed by atoms with Gasteiger partial charge in [-0.1, -0.05) is 109 Å². The monoisotopic (exact) mass is 398 g/mol. The van der Waals surface area contributed by atoms with Crippen molar-refractivity contribution in [2.24, 2.45) is 0 Å². The number of rotatable bonds is 4. The van der Waals surface area contributed by atoms with Crippen molar-refractivity contribution in [3.05, 3.63) is 121 Å². The Morgan fingerprint density at radius 2 is 0.935 bits per heavy atom. The average Bonchev–Trinajstić information content (AvgIpc) is 2.85. The number of hydrogen-bond acceptors (Lipinski definition) is 2. The van der Waals surface area contributed by atoms with Crippen molar-refractivity contribution in [2.45, 2.75) is 6.92 Å². The van der Waals surface area contributed by atoms with E-state index in [4.69, 9.17) is 9.97 Å². The summed E-state index contributed by atoms with van der Waals surface area (Å²) >= 11 is 0. The van der Waals surface area contributed by atoms with Crippen molar-refractivity contribution in [1.29, 1.82) is 0 Å². The quantitative estimate of drug-likeness (QED) is 0.314. The van der Waals surface area contributed by atoms with Crippen LogP contribution in [-0.2, 0) is 0 Å². The van der Waals surface area contributed by atoms with Gasteiger partial charge in [-0.15, -0.1) is 0 Å². The van der Waals surface area contributed by atoms with E-state index in [2.05, 4.69) is 97.9 Å². The van der Waals surface area contributed by atoms with Crippen molar-refractivity contribution in [3.8, 4) is 45.0 Å². The van der Waals surface area contributed by atoms with Crippen LogP contribution in [0.2, 0.25) is 0 Å². The van der Waals surface area contributed by atoms with Crippen LogP contribution >= 0.6 is 0 Å². The van der Waals surface area contributed by atoms with Crippen LogP contribution in [0.1, 0.15) is 5.56 Å². The van der Waals surface area contributed by atoms with Crippen molar-refractivity contribution in [3.63, 3.8) is 0 Å². The van der Waals surface area contributed by atoms with Crippen LogP contribution in [0.5, 0.6) is 0 Å². The molecule has 2 nitrogen and oxygen atoms in total. The summed E-state index contributed by atoms with van der Waals surface area (Å²) in [5, 5.41) is 0. The average molecular weight is 399 g/mol. The Kier molecular flexibility index (Phi) is 5.12. The molecule has 0 saturated carbocycles. The van der Waals surface area contributed by atoms with E-state index in [0.29, 0.717) is 0 Å². The minimum Gasteiger partial charge on any atom is -0.228 e. The SMILES string of the molecule is Cc1ccc(-c2cc(-c3ccccc3)nc(-c3cccc(-c4ccccc4)c3)n2)cc1. The van der Waals surface area contributed by atoms with Crippen molar-refractivity contribution < 1.29 is 0 Å². The first-order valence-corrected chi connectivity index (χ1v) is 10.4. The van der Waals surface area contributed by atoms with Gasteiger partial charge in [-0.05, 0) is 30.2 Å². The Hall–Kier alpha value is -4.04. The number of benzene rings is 4. The molecular formula is C29H22N2. The molecular weight excluding hydrogens is 376 g/mol. The smallest absolute Gasteiger partial charge is 0.160 e. The highest BCUT2D eigenvalue weighted by Crippen LogP contribution is 2.29. The van der Waals surface area contributed by atoms with Gasteiger partial charge in [0.1, 0.15) is 0 Å². The Bertz CT molecular complexity index is 1310. The standard InChI is InChI=1S/C29H22N2/c1-21-15-17-24(18-16-21)28-20-27(23-11-6-3-7-12-23)30-29(31-28)26-14-8-13-25(19-26)22-9-4-2-5-10-22/h2-20H,1H3. The van der Waals surface area contributed by atoms with Gasteiger partial charge in [0.15, 0.2) is 5.82 Å². The lowest BCUT2D eigenvalue weighted by Crippen LogP contribution is -1.96. The van der Waals surface area contributed by atoms with Crippen molar-refractivity contribution >= 4 is 0 Å². The molecule has 5 rings (SSSR count). The van der Waals surface area contributed by atoms with Gasteiger partial charge in [0.2, 0.25) is 0 Å². The highest BCUT2D eigenvalue weighted by Gasteiger charge is 2.11. The lowest BCUT2D eigenvalue weighted by molar-refractivity contribution is 1.18. The lowest BCUT2D eigenvalue weighted by Gasteiger charge is -2.10. The van der Waals surface area contributed by atoms with Gasteiger partial charge < -0.3 is 0 Å². The number of nitrogens with zero attached hydrogens (tertiary/aromatic N) is 2. The van der Waals surface area contributed by atoms with Gasteiger partial charge in [-0.25, -0.2) is 9.97 Å². The molecule has 0 aliphatic carbocycles. The summed E-state index contributed by atoms with van der Waals surface area (Å²) in [5.74, 6) is 0.731. The molecule has 0 aliphatic heterocycles. The molecule has 5 aromatic rings. The first-order chi connectivity index (χ1) is 15.3. The fourth-order valence-corrected chi connectivity index (χ4v) is 3.67. The van der Waals surface area contributed by atoms with E-state index in [-0.39, 0.29) is 0 Å². The Morgan fingerprint density at radius 3 is 1.58 bits per heavy atom. The van der Waals surface area contributed by atoms with Gasteiger partial charge in [-0.2, -0.15) is 0 Å². The summed E-state index contributed by atoms with van der Waals surface area (Å²) in [6.45, 7) is 2.10. The Labute approximate surface area is 182 Å². The molecule has 0 saturated heterocycles. The van der Waals surface area contributed by atoms with E-state index < -0.39 is 0 Å². The molecule has 0 N–H and O–H groups in total. The van der Waals surface area contributed by atoms with E-state index in [1.165, 1.54) is 11.1 Å². The maximum absolute atomic E-state index is 4.95. The second-order valence-electron chi connectivity index (χ2n) is 7.64. The first-order valence-electron chi connectivity index (χ1n) is 10.4. The topological polar surface area (TPSA) is 25.8 Å². The predicted molar refractivity (Wildman–Crippen MR) is 129 cm³/mol. The van der Waals surface area contributed by atoms with E-state index in [0.717, 1.165) is 39.5 Å². The van der Waals surface area contributed by atoms with Crippen LogP contribution in [0.4, 0.5) is 0 Å². The number of aromatic nitrogens is 2. The molecule has 0 spiro atoms. The first kappa shape index (κ1) is 19.0. The number of aryl methyl sites for hydroxylation is 1. The molecule has 0 atom stereocenters. The fourth-order valence-electron chi connectivity index (χ4n) is 3.67. The van der Waals surface area contributed by atoms with E-state index >= 15 is 0 Å². The number of hydrogen-bond donors (Lipinski definition) is 0. The van der Waals surface area contributed by atoms with Gasteiger partial charge in [-0.3, -0.25) is 0 Å². The second kappa shape index (κ2) is 8.37. The summed E-state index contributed by atoms with van der Waals surface area (Å²) in [6.07, 6.45) is 0. The van der Waals surface area contributed by atoms with Gasteiger partial charge in [0.05, 0.1) is 11.4 Å². The van der Waals surface area contributed by atoms with Crippen LogP contribution in [0.3, 0.4) is 0 Å². The molecule has 1 aromatic heterocycles. The van der Waals surface area contributed by atoms with Crippen LogP contribution in [0.15, 0.2) is 115 Å². The molecule has 0 bridgehead atoms. The zero-order valence-corrected chi connectivity index (χ0v) is 17.4. The molecule has 0 amide bonds. The maximum Gasteiger partial charge on any atom is 0.160 e. The molecule has 0 aliphatic rings. The highest BCUT2D eigenvalue weighted by molar-refractivity contribution is 5.74. The van der Waals surface area contributed by atoms with E-state index in [9.17, 15) is 0 Å². The normalized spacial score (nSPS) is 10.7. The van der Waals surface area contributed by atoms with Gasteiger partial charge in [0, 0.05) is 16.7 Å². The second-order valence-corrected chi connectivity index (χ2v) is 7.64. The highest BCUT2D eigenvalue weighted by atomic mass is 14.9.